The van der Waals surface area contributed by atoms with Gasteiger partial charge in [0, 0.05) is 36.1 Å². The van der Waals surface area contributed by atoms with Crippen LogP contribution in [0.1, 0.15) is 51.3 Å². The van der Waals surface area contributed by atoms with Crippen molar-refractivity contribution in [2.24, 2.45) is 0 Å². The molecule has 2 amide bonds. The van der Waals surface area contributed by atoms with Gasteiger partial charge in [0.15, 0.2) is 0 Å². The van der Waals surface area contributed by atoms with Crippen LogP contribution < -0.4 is 5.32 Å². The van der Waals surface area contributed by atoms with Crippen LogP contribution in [0.5, 0.6) is 0 Å². The summed E-state index contributed by atoms with van der Waals surface area (Å²) in [5.74, 6) is 0.111. The largest absolute Gasteiger partial charge is 0.349 e. The molecule has 1 N–H and O–H groups in total. The number of piperidine rings is 1. The molecule has 0 spiro atoms. The first-order valence-corrected chi connectivity index (χ1v) is 9.59. The minimum atomic E-state index is -0.0549. The Bertz CT molecular complexity index is 775. The monoisotopic (exact) mass is 355 g/mol. The number of amides is 2. The molecule has 2 fully saturated rings. The Morgan fingerprint density at radius 1 is 1.16 bits per heavy atom. The topological polar surface area (TPSA) is 62.3 Å². The van der Waals surface area contributed by atoms with Crippen LogP contribution >= 0.6 is 11.3 Å². The maximum Gasteiger partial charge on any atom is 0.264 e. The summed E-state index contributed by atoms with van der Waals surface area (Å²) in [6.45, 7) is 1.99. The van der Waals surface area contributed by atoms with Crippen molar-refractivity contribution >= 4 is 23.2 Å². The average molecular weight is 355 g/mol. The van der Waals surface area contributed by atoms with E-state index in [0.717, 1.165) is 36.1 Å². The van der Waals surface area contributed by atoms with E-state index >= 15 is 0 Å². The van der Waals surface area contributed by atoms with Crippen LogP contribution in [0.15, 0.2) is 36.0 Å². The molecular formula is C19H21N3O2S. The number of pyridine rings is 1. The highest BCUT2D eigenvalue weighted by molar-refractivity contribution is 7.12. The summed E-state index contributed by atoms with van der Waals surface area (Å²) in [4.78, 5) is 32.2. The van der Waals surface area contributed by atoms with E-state index in [-0.39, 0.29) is 29.9 Å². The first kappa shape index (κ1) is 16.3. The zero-order chi connectivity index (χ0) is 17.4. The lowest BCUT2D eigenvalue weighted by Gasteiger charge is -2.39. The normalized spacial score (nSPS) is 25.0. The molecule has 1 unspecified atom stereocenters. The Morgan fingerprint density at radius 3 is 2.44 bits per heavy atom. The van der Waals surface area contributed by atoms with E-state index in [2.05, 4.69) is 15.2 Å². The van der Waals surface area contributed by atoms with E-state index in [9.17, 15) is 9.59 Å². The van der Waals surface area contributed by atoms with Gasteiger partial charge in [-0.2, -0.15) is 0 Å². The molecule has 25 heavy (non-hydrogen) atoms. The standard InChI is InChI=1S/C19H21N3O2S/c1-12-6-9-25-17(12)19(24)22-15-2-3-16(22)11-14(10-15)21-18(23)13-4-7-20-8-5-13/h4-9,14-16H,2-3,10-11H2,1H3,(H,21,23)/t14?,15-,16+. The summed E-state index contributed by atoms with van der Waals surface area (Å²) in [7, 11) is 0. The zero-order valence-electron chi connectivity index (χ0n) is 14.1. The van der Waals surface area contributed by atoms with Crippen molar-refractivity contribution in [1.29, 1.82) is 0 Å². The molecule has 130 valence electrons. The molecule has 0 aromatic carbocycles. The molecular weight excluding hydrogens is 334 g/mol. The predicted octanol–water partition coefficient (Wildman–Crippen LogP) is 3.02. The Morgan fingerprint density at radius 2 is 1.84 bits per heavy atom. The van der Waals surface area contributed by atoms with Crippen molar-refractivity contribution < 1.29 is 9.59 Å². The third kappa shape index (κ3) is 3.06. The molecule has 2 aliphatic rings. The third-order valence-corrected chi connectivity index (χ3v) is 6.31. The first-order valence-electron chi connectivity index (χ1n) is 8.71. The van der Waals surface area contributed by atoms with E-state index in [4.69, 9.17) is 0 Å². The second-order valence-electron chi connectivity index (χ2n) is 6.91. The second kappa shape index (κ2) is 6.59. The van der Waals surface area contributed by atoms with Crippen LogP contribution in [0, 0.1) is 6.92 Å². The fraction of sp³-hybridized carbons (Fsp3) is 0.421. The number of fused-ring (bicyclic) bond motifs is 2. The summed E-state index contributed by atoms with van der Waals surface area (Å²) in [5, 5.41) is 5.12. The van der Waals surface area contributed by atoms with Gasteiger partial charge >= 0.3 is 0 Å². The van der Waals surface area contributed by atoms with E-state index in [1.807, 2.05) is 18.4 Å². The second-order valence-corrected chi connectivity index (χ2v) is 7.82. The van der Waals surface area contributed by atoms with Gasteiger partial charge in [-0.05, 0) is 61.7 Å². The van der Waals surface area contributed by atoms with Crippen molar-refractivity contribution in [3.63, 3.8) is 0 Å². The maximum absolute atomic E-state index is 12.9. The molecule has 6 heteroatoms. The average Bonchev–Trinajstić information content (AvgIpc) is 3.16. The molecule has 2 saturated heterocycles. The van der Waals surface area contributed by atoms with Crippen LogP contribution in [0.3, 0.4) is 0 Å². The molecule has 4 rings (SSSR count). The molecule has 2 bridgehead atoms. The van der Waals surface area contributed by atoms with Crippen molar-refractivity contribution in [2.75, 3.05) is 0 Å². The van der Waals surface area contributed by atoms with Gasteiger partial charge in [-0.3, -0.25) is 14.6 Å². The van der Waals surface area contributed by atoms with Crippen LogP contribution in [-0.4, -0.2) is 39.8 Å². The fourth-order valence-electron chi connectivity index (χ4n) is 4.11. The quantitative estimate of drug-likeness (QED) is 0.921. The number of carbonyl (C=O) groups is 2. The predicted molar refractivity (Wildman–Crippen MR) is 96.8 cm³/mol. The van der Waals surface area contributed by atoms with E-state index in [0.29, 0.717) is 5.56 Å². The van der Waals surface area contributed by atoms with Gasteiger partial charge in [0.25, 0.3) is 11.8 Å². The zero-order valence-corrected chi connectivity index (χ0v) is 15.0. The summed E-state index contributed by atoms with van der Waals surface area (Å²) >= 11 is 1.53. The molecule has 2 aromatic rings. The van der Waals surface area contributed by atoms with Gasteiger partial charge in [0.2, 0.25) is 0 Å². The molecule has 0 radical (unpaired) electrons. The number of nitrogens with zero attached hydrogens (tertiary/aromatic N) is 2. The van der Waals surface area contributed by atoms with Crippen LogP contribution in [0.2, 0.25) is 0 Å². The Labute approximate surface area is 151 Å². The van der Waals surface area contributed by atoms with E-state index in [1.165, 1.54) is 11.3 Å². The van der Waals surface area contributed by atoms with Crippen molar-refractivity contribution in [1.82, 2.24) is 15.2 Å². The summed E-state index contributed by atoms with van der Waals surface area (Å²) in [5.41, 5.74) is 1.69. The van der Waals surface area contributed by atoms with E-state index < -0.39 is 0 Å². The van der Waals surface area contributed by atoms with Gasteiger partial charge in [0.05, 0.1) is 4.88 Å². The Hall–Kier alpha value is -2.21. The van der Waals surface area contributed by atoms with Crippen molar-refractivity contribution in [3.05, 3.63) is 52.0 Å². The van der Waals surface area contributed by atoms with Gasteiger partial charge < -0.3 is 10.2 Å². The molecule has 5 nitrogen and oxygen atoms in total. The smallest absolute Gasteiger partial charge is 0.264 e. The number of rotatable bonds is 3. The number of aromatic nitrogens is 1. The van der Waals surface area contributed by atoms with Crippen LogP contribution in [-0.2, 0) is 0 Å². The summed E-state index contributed by atoms with van der Waals surface area (Å²) in [6.07, 6.45) is 6.99. The highest BCUT2D eigenvalue weighted by atomic mass is 32.1. The number of carbonyl (C=O) groups excluding carboxylic acids is 2. The van der Waals surface area contributed by atoms with Gasteiger partial charge in [-0.1, -0.05) is 0 Å². The molecule has 0 saturated carbocycles. The molecule has 0 aliphatic carbocycles. The number of thiophene rings is 1. The lowest BCUT2D eigenvalue weighted by molar-refractivity contribution is 0.0554. The molecule has 4 heterocycles. The van der Waals surface area contributed by atoms with Crippen molar-refractivity contribution in [3.8, 4) is 0 Å². The van der Waals surface area contributed by atoms with Gasteiger partial charge in [0.1, 0.15) is 0 Å². The Balaban J connectivity index is 1.44. The maximum atomic E-state index is 12.9. The highest BCUT2D eigenvalue weighted by Crippen LogP contribution is 2.37. The first-order chi connectivity index (χ1) is 12.1. The van der Waals surface area contributed by atoms with Crippen molar-refractivity contribution in [2.45, 2.75) is 50.7 Å². The van der Waals surface area contributed by atoms with Gasteiger partial charge in [-0.25, -0.2) is 0 Å². The number of hydrogen-bond acceptors (Lipinski definition) is 4. The number of aryl methyl sites for hydroxylation is 1. The Kier molecular flexibility index (Phi) is 4.29. The van der Waals surface area contributed by atoms with Crippen LogP contribution in [0.25, 0.3) is 0 Å². The summed E-state index contributed by atoms with van der Waals surface area (Å²) in [6, 6.07) is 6.05. The van der Waals surface area contributed by atoms with Crippen LogP contribution in [0.4, 0.5) is 0 Å². The lowest BCUT2D eigenvalue weighted by atomic mass is 9.96. The molecule has 2 aliphatic heterocycles. The third-order valence-electron chi connectivity index (χ3n) is 5.30. The fourth-order valence-corrected chi connectivity index (χ4v) is 4.98. The number of nitrogens with one attached hydrogen (secondary N) is 1. The minimum absolute atomic E-state index is 0.0549. The van der Waals surface area contributed by atoms with Gasteiger partial charge in [-0.15, -0.1) is 11.3 Å². The highest BCUT2D eigenvalue weighted by Gasteiger charge is 2.44. The SMILES string of the molecule is Cc1ccsc1C(=O)N1[C@@H]2CC[C@H]1CC(NC(=O)c1ccncc1)C2. The minimum Gasteiger partial charge on any atom is -0.349 e. The molecule has 2 aromatic heterocycles. The lowest BCUT2D eigenvalue weighted by Crippen LogP contribution is -2.52. The van der Waals surface area contributed by atoms with E-state index in [1.54, 1.807) is 24.5 Å². The summed E-state index contributed by atoms with van der Waals surface area (Å²) < 4.78 is 0. The number of hydrogen-bond donors (Lipinski definition) is 1. The molecule has 3 atom stereocenters.